The van der Waals surface area contributed by atoms with Gasteiger partial charge in [0.1, 0.15) is 11.9 Å². The first kappa shape index (κ1) is 17.9. The van der Waals surface area contributed by atoms with Crippen LogP contribution in [0.5, 0.6) is 0 Å². The third-order valence-electron chi connectivity index (χ3n) is 5.83. The largest absolute Gasteiger partial charge is 0.423 e. The van der Waals surface area contributed by atoms with Crippen molar-refractivity contribution in [3.63, 3.8) is 0 Å². The summed E-state index contributed by atoms with van der Waals surface area (Å²) in [6.07, 6.45) is 2.69. The highest BCUT2D eigenvalue weighted by Crippen LogP contribution is 2.47. The van der Waals surface area contributed by atoms with E-state index >= 15 is 0 Å². The summed E-state index contributed by atoms with van der Waals surface area (Å²) in [5.41, 5.74) is 1.09. The maximum absolute atomic E-state index is 13.1. The van der Waals surface area contributed by atoms with Gasteiger partial charge >= 0.3 is 0 Å². The fraction of sp³-hybridized carbons (Fsp3) is 0.429. The van der Waals surface area contributed by atoms with Gasteiger partial charge in [0.25, 0.3) is 0 Å². The minimum atomic E-state index is -0.298. The van der Waals surface area contributed by atoms with Crippen molar-refractivity contribution in [2.24, 2.45) is 5.92 Å². The molecule has 3 heterocycles. The minimum absolute atomic E-state index is 0.143. The highest BCUT2D eigenvalue weighted by molar-refractivity contribution is 5.54. The third-order valence-corrected chi connectivity index (χ3v) is 5.83. The van der Waals surface area contributed by atoms with Gasteiger partial charge in [-0.15, -0.1) is 0 Å². The Morgan fingerprint density at radius 1 is 1.14 bits per heavy atom. The lowest BCUT2D eigenvalue weighted by Crippen LogP contribution is -2.33. The van der Waals surface area contributed by atoms with Crippen LogP contribution in [0.15, 0.2) is 33.2 Å². The normalized spacial score (nSPS) is 21.9. The van der Waals surface area contributed by atoms with Crippen LogP contribution in [0, 0.1) is 23.1 Å². The van der Waals surface area contributed by atoms with Crippen molar-refractivity contribution < 1.29 is 13.3 Å². The predicted molar refractivity (Wildman–Crippen MR) is 102 cm³/mol. The summed E-state index contributed by atoms with van der Waals surface area (Å²) in [4.78, 5) is 11.0. The van der Waals surface area contributed by atoms with Crippen LogP contribution in [0.1, 0.15) is 55.5 Å². The molecule has 29 heavy (non-hydrogen) atoms. The topological polar surface area (TPSA) is 92.0 Å². The Hall–Kier alpha value is -3.21. The monoisotopic (exact) mass is 393 g/mol. The zero-order valence-corrected chi connectivity index (χ0v) is 16.0. The van der Waals surface area contributed by atoms with E-state index in [1.54, 1.807) is 12.1 Å². The number of hydrogen-bond acceptors (Lipinski definition) is 7. The van der Waals surface area contributed by atoms with Gasteiger partial charge in [-0.1, -0.05) is 12.1 Å². The third kappa shape index (κ3) is 3.37. The smallest absolute Gasteiger partial charge is 0.234 e. The van der Waals surface area contributed by atoms with Crippen molar-refractivity contribution in [3.8, 4) is 17.5 Å². The minimum Gasteiger partial charge on any atom is -0.423 e. The average Bonchev–Trinajstić information content (AvgIpc) is 3.14. The quantitative estimate of drug-likeness (QED) is 0.654. The van der Waals surface area contributed by atoms with Crippen LogP contribution < -0.4 is 4.90 Å². The van der Waals surface area contributed by atoms with E-state index in [2.05, 4.69) is 33.0 Å². The number of rotatable bonds is 4. The summed E-state index contributed by atoms with van der Waals surface area (Å²) in [6.45, 7) is 3.61. The van der Waals surface area contributed by atoms with E-state index in [1.165, 1.54) is 12.1 Å². The highest BCUT2D eigenvalue weighted by Gasteiger charge is 2.40. The van der Waals surface area contributed by atoms with Gasteiger partial charge in [0.05, 0.1) is 0 Å². The molecule has 1 saturated heterocycles. The number of anilines is 1. The van der Waals surface area contributed by atoms with Crippen LogP contribution in [0.3, 0.4) is 0 Å². The Labute approximate surface area is 167 Å². The number of aromatic nitrogens is 3. The van der Waals surface area contributed by atoms with Crippen molar-refractivity contribution in [1.29, 1.82) is 5.26 Å². The summed E-state index contributed by atoms with van der Waals surface area (Å²) >= 11 is 0. The van der Waals surface area contributed by atoms with E-state index < -0.39 is 0 Å². The van der Waals surface area contributed by atoms with Crippen LogP contribution in [-0.2, 0) is 0 Å². The Balaban J connectivity index is 1.27. The standard InChI is InChI=1S/C21H20FN5O2/c1-12-10-16(12)20-24-17(11-23)21(28-20)27-8-6-14(7-9-27)19-25-18(26-29-19)13-2-4-15(22)5-3-13/h2-5,12,14,16H,6-10H2,1H3. The lowest BCUT2D eigenvalue weighted by Gasteiger charge is -2.29. The van der Waals surface area contributed by atoms with Crippen molar-refractivity contribution >= 4 is 5.88 Å². The Bertz CT molecular complexity index is 1060. The first-order chi connectivity index (χ1) is 14.1. The van der Waals surface area contributed by atoms with Gasteiger partial charge in [-0.25, -0.2) is 9.37 Å². The van der Waals surface area contributed by atoms with Crippen LogP contribution in [0.25, 0.3) is 11.4 Å². The molecule has 0 radical (unpaired) electrons. The van der Waals surface area contributed by atoms with Crippen molar-refractivity contribution in [1.82, 2.24) is 15.1 Å². The Morgan fingerprint density at radius 2 is 1.86 bits per heavy atom. The number of nitriles is 1. The van der Waals surface area contributed by atoms with Crippen LogP contribution in [-0.4, -0.2) is 28.2 Å². The number of benzene rings is 1. The fourth-order valence-corrected chi connectivity index (χ4v) is 3.89. The SMILES string of the molecule is CC1CC1c1nc(C#N)c(N2CCC(c3nc(-c4ccc(F)cc4)no3)CC2)o1. The van der Waals surface area contributed by atoms with Crippen LogP contribution >= 0.6 is 0 Å². The summed E-state index contributed by atoms with van der Waals surface area (Å²) in [5.74, 6) is 3.09. The average molecular weight is 393 g/mol. The van der Waals surface area contributed by atoms with Gasteiger partial charge in [-0.05, 0) is 49.4 Å². The number of hydrogen-bond donors (Lipinski definition) is 0. The second-order valence-corrected chi connectivity index (χ2v) is 7.86. The predicted octanol–water partition coefficient (Wildman–Crippen LogP) is 4.24. The summed E-state index contributed by atoms with van der Waals surface area (Å²) in [6, 6.07) is 8.20. The molecule has 1 saturated carbocycles. The lowest BCUT2D eigenvalue weighted by atomic mass is 9.97. The van der Waals surface area contributed by atoms with E-state index in [9.17, 15) is 9.65 Å². The first-order valence-corrected chi connectivity index (χ1v) is 9.87. The van der Waals surface area contributed by atoms with Gasteiger partial charge in [0, 0.05) is 30.5 Å². The zero-order valence-electron chi connectivity index (χ0n) is 16.0. The van der Waals surface area contributed by atoms with E-state index in [0.717, 1.165) is 37.9 Å². The Kier molecular flexibility index (Phi) is 4.31. The molecule has 0 amide bonds. The molecule has 5 rings (SSSR count). The Morgan fingerprint density at radius 3 is 2.52 bits per heavy atom. The van der Waals surface area contributed by atoms with Gasteiger partial charge < -0.3 is 13.8 Å². The van der Waals surface area contributed by atoms with E-state index in [4.69, 9.17) is 8.94 Å². The number of nitrogens with zero attached hydrogens (tertiary/aromatic N) is 5. The summed E-state index contributed by atoms with van der Waals surface area (Å²) in [7, 11) is 0. The van der Waals surface area contributed by atoms with Crippen molar-refractivity contribution in [3.05, 3.63) is 47.6 Å². The summed E-state index contributed by atoms with van der Waals surface area (Å²) in [5, 5.41) is 13.5. The molecule has 8 heteroatoms. The van der Waals surface area contributed by atoms with Gasteiger partial charge in [0.2, 0.25) is 29.2 Å². The second kappa shape index (κ2) is 6.99. The molecule has 2 aromatic heterocycles. The molecule has 0 bridgehead atoms. The number of oxazole rings is 1. The lowest BCUT2D eigenvalue weighted by molar-refractivity contribution is 0.326. The molecule has 1 aromatic carbocycles. The van der Waals surface area contributed by atoms with E-state index in [0.29, 0.717) is 41.0 Å². The molecular weight excluding hydrogens is 373 g/mol. The zero-order chi connectivity index (χ0) is 20.0. The molecule has 1 aliphatic heterocycles. The molecule has 0 spiro atoms. The molecule has 3 aromatic rings. The van der Waals surface area contributed by atoms with Gasteiger partial charge in [-0.2, -0.15) is 10.2 Å². The highest BCUT2D eigenvalue weighted by atomic mass is 19.1. The summed E-state index contributed by atoms with van der Waals surface area (Å²) < 4.78 is 24.5. The van der Waals surface area contributed by atoms with E-state index in [-0.39, 0.29) is 11.7 Å². The van der Waals surface area contributed by atoms with E-state index in [1.807, 2.05) is 0 Å². The van der Waals surface area contributed by atoms with Gasteiger partial charge in [-0.3, -0.25) is 0 Å². The molecule has 2 unspecified atom stereocenters. The second-order valence-electron chi connectivity index (χ2n) is 7.86. The number of piperidine rings is 1. The number of halogens is 1. The molecule has 7 nitrogen and oxygen atoms in total. The maximum Gasteiger partial charge on any atom is 0.234 e. The molecule has 0 N–H and O–H groups in total. The molecule has 2 atom stereocenters. The van der Waals surface area contributed by atoms with Crippen LogP contribution in [0.4, 0.5) is 10.3 Å². The molecule has 1 aliphatic carbocycles. The van der Waals surface area contributed by atoms with Gasteiger partial charge in [0.15, 0.2) is 0 Å². The van der Waals surface area contributed by atoms with Crippen molar-refractivity contribution in [2.45, 2.75) is 38.0 Å². The maximum atomic E-state index is 13.1. The fourth-order valence-electron chi connectivity index (χ4n) is 3.89. The van der Waals surface area contributed by atoms with Crippen molar-refractivity contribution in [2.75, 3.05) is 18.0 Å². The van der Waals surface area contributed by atoms with Crippen LogP contribution in [0.2, 0.25) is 0 Å². The molecule has 2 fully saturated rings. The molecular formula is C21H20FN5O2. The molecule has 148 valence electrons. The first-order valence-electron chi connectivity index (χ1n) is 9.87. The molecule has 2 aliphatic rings.